The number of halogens is 1. The molecule has 0 unspecified atom stereocenters. The molecule has 2 rings (SSSR count). The van der Waals surface area contributed by atoms with Gasteiger partial charge in [-0.3, -0.25) is 4.79 Å². The number of carbonyl (C=O) groups excluding carboxylic acids is 1. The smallest absolute Gasteiger partial charge is 0.224 e. The zero-order valence-corrected chi connectivity index (χ0v) is 13.5. The molecule has 1 saturated heterocycles. The van der Waals surface area contributed by atoms with E-state index >= 15 is 0 Å². The van der Waals surface area contributed by atoms with Gasteiger partial charge in [0.1, 0.15) is 6.61 Å². The van der Waals surface area contributed by atoms with Crippen molar-refractivity contribution in [1.29, 1.82) is 0 Å². The van der Waals surface area contributed by atoms with E-state index in [9.17, 15) is 9.18 Å². The van der Waals surface area contributed by atoms with Crippen molar-refractivity contribution in [3.05, 3.63) is 30.1 Å². The van der Waals surface area contributed by atoms with Gasteiger partial charge < -0.3 is 15.4 Å². The van der Waals surface area contributed by atoms with Gasteiger partial charge in [0, 0.05) is 6.54 Å². The van der Waals surface area contributed by atoms with Crippen LogP contribution in [-0.4, -0.2) is 31.6 Å². The Bertz CT molecular complexity index is 508. The molecule has 1 aromatic rings. The Hall–Kier alpha value is -1.62. The zero-order valence-electron chi connectivity index (χ0n) is 13.5. The van der Waals surface area contributed by atoms with Crippen LogP contribution in [-0.2, 0) is 4.79 Å². The first-order valence-corrected chi connectivity index (χ1v) is 7.76. The van der Waals surface area contributed by atoms with Gasteiger partial charge in [-0.15, -0.1) is 0 Å². The van der Waals surface area contributed by atoms with Gasteiger partial charge in [0.25, 0.3) is 0 Å². The van der Waals surface area contributed by atoms with E-state index in [1.807, 2.05) is 20.8 Å². The van der Waals surface area contributed by atoms with E-state index < -0.39 is 0 Å². The van der Waals surface area contributed by atoms with Gasteiger partial charge in [0.15, 0.2) is 11.6 Å². The van der Waals surface area contributed by atoms with Crippen LogP contribution in [0.4, 0.5) is 4.39 Å². The molecule has 0 saturated carbocycles. The van der Waals surface area contributed by atoms with Crippen LogP contribution in [0.3, 0.4) is 0 Å². The Morgan fingerprint density at radius 1 is 1.45 bits per heavy atom. The minimum absolute atomic E-state index is 0.0123. The van der Waals surface area contributed by atoms with Crippen LogP contribution in [0.25, 0.3) is 0 Å². The minimum Gasteiger partial charge on any atom is -0.488 e. The molecule has 1 fully saturated rings. The van der Waals surface area contributed by atoms with Gasteiger partial charge >= 0.3 is 0 Å². The number of amides is 1. The number of nitrogens with one attached hydrogen (secondary N) is 2. The summed E-state index contributed by atoms with van der Waals surface area (Å²) in [5, 5.41) is 6.25. The van der Waals surface area contributed by atoms with Gasteiger partial charge in [0.2, 0.25) is 5.91 Å². The first-order chi connectivity index (χ1) is 10.4. The second-order valence-electron chi connectivity index (χ2n) is 6.86. The van der Waals surface area contributed by atoms with Gasteiger partial charge in [0.05, 0.1) is 12.0 Å². The molecule has 1 aromatic carbocycles. The number of para-hydroxylation sites is 1. The highest BCUT2D eigenvalue weighted by molar-refractivity contribution is 5.79. The third-order valence-corrected chi connectivity index (χ3v) is 4.04. The van der Waals surface area contributed by atoms with Gasteiger partial charge in [-0.25, -0.2) is 4.39 Å². The maximum absolute atomic E-state index is 13.6. The molecule has 2 atom stereocenters. The summed E-state index contributed by atoms with van der Waals surface area (Å²) in [6.07, 6.45) is 0.858. The molecule has 122 valence electrons. The molecule has 5 heteroatoms. The van der Waals surface area contributed by atoms with Crippen LogP contribution < -0.4 is 15.4 Å². The van der Waals surface area contributed by atoms with E-state index in [1.165, 1.54) is 6.07 Å². The van der Waals surface area contributed by atoms with E-state index in [0.29, 0.717) is 0 Å². The van der Waals surface area contributed by atoms with Crippen molar-refractivity contribution in [3.63, 3.8) is 0 Å². The largest absolute Gasteiger partial charge is 0.488 e. The maximum atomic E-state index is 13.6. The van der Waals surface area contributed by atoms with Crippen molar-refractivity contribution in [2.45, 2.75) is 33.2 Å². The molecule has 0 spiro atoms. The van der Waals surface area contributed by atoms with Crippen molar-refractivity contribution >= 4 is 5.91 Å². The molecule has 22 heavy (non-hydrogen) atoms. The summed E-state index contributed by atoms with van der Waals surface area (Å²) in [5.41, 5.74) is -0.174. The predicted octanol–water partition coefficient (Wildman–Crippen LogP) is 2.34. The summed E-state index contributed by atoms with van der Waals surface area (Å²) >= 11 is 0. The van der Waals surface area contributed by atoms with Crippen LogP contribution in [0.2, 0.25) is 0 Å². The standard InChI is InChI=1S/C17H25FN2O2/c1-17(2,3)15(20-16(21)12-8-9-19-10-12)11-22-14-7-5-4-6-13(14)18/h4-7,12,15,19H,8-11H2,1-3H3,(H,20,21)/t12-,15-/m1/s1. The van der Waals surface area contributed by atoms with E-state index in [-0.39, 0.29) is 41.5 Å². The molecule has 0 aliphatic carbocycles. The number of rotatable bonds is 5. The summed E-state index contributed by atoms with van der Waals surface area (Å²) in [6.45, 7) is 7.96. The van der Waals surface area contributed by atoms with Crippen LogP contribution >= 0.6 is 0 Å². The first kappa shape index (κ1) is 16.7. The zero-order chi connectivity index (χ0) is 16.2. The second-order valence-corrected chi connectivity index (χ2v) is 6.86. The Morgan fingerprint density at radius 3 is 2.77 bits per heavy atom. The number of hydrogen-bond acceptors (Lipinski definition) is 3. The lowest BCUT2D eigenvalue weighted by molar-refractivity contribution is -0.126. The van der Waals surface area contributed by atoms with Crippen molar-refractivity contribution < 1.29 is 13.9 Å². The number of ether oxygens (including phenoxy) is 1. The Morgan fingerprint density at radius 2 is 2.18 bits per heavy atom. The Balaban J connectivity index is 1.97. The second kappa shape index (κ2) is 7.09. The molecule has 0 bridgehead atoms. The third kappa shape index (κ3) is 4.44. The maximum Gasteiger partial charge on any atom is 0.224 e. The van der Waals surface area contributed by atoms with Crippen LogP contribution in [0, 0.1) is 17.2 Å². The molecule has 0 radical (unpaired) electrons. The van der Waals surface area contributed by atoms with Gasteiger partial charge in [-0.1, -0.05) is 32.9 Å². The van der Waals surface area contributed by atoms with Gasteiger partial charge in [-0.2, -0.15) is 0 Å². The lowest BCUT2D eigenvalue weighted by Crippen LogP contribution is -2.49. The van der Waals surface area contributed by atoms with E-state index in [2.05, 4.69) is 10.6 Å². The average molecular weight is 308 g/mol. The molecular formula is C17H25FN2O2. The number of benzene rings is 1. The topological polar surface area (TPSA) is 50.4 Å². The lowest BCUT2D eigenvalue weighted by Gasteiger charge is -2.32. The molecule has 1 aliphatic heterocycles. The van der Waals surface area contributed by atoms with Crippen LogP contribution in [0.5, 0.6) is 5.75 Å². The molecule has 1 aliphatic rings. The van der Waals surface area contributed by atoms with E-state index in [1.54, 1.807) is 18.2 Å². The highest BCUT2D eigenvalue weighted by atomic mass is 19.1. The number of carbonyl (C=O) groups is 1. The Kier molecular flexibility index (Phi) is 5.40. The molecule has 4 nitrogen and oxygen atoms in total. The van der Waals surface area contributed by atoms with Crippen molar-refractivity contribution in [3.8, 4) is 5.75 Å². The monoisotopic (exact) mass is 308 g/mol. The van der Waals surface area contributed by atoms with Crippen LogP contribution in [0.1, 0.15) is 27.2 Å². The fraction of sp³-hybridized carbons (Fsp3) is 0.588. The highest BCUT2D eigenvalue weighted by Crippen LogP contribution is 2.23. The number of hydrogen-bond donors (Lipinski definition) is 2. The summed E-state index contributed by atoms with van der Waals surface area (Å²) in [7, 11) is 0. The van der Waals surface area contributed by atoms with Gasteiger partial charge in [-0.05, 0) is 30.5 Å². The first-order valence-electron chi connectivity index (χ1n) is 7.76. The lowest BCUT2D eigenvalue weighted by atomic mass is 9.86. The fourth-order valence-electron chi connectivity index (χ4n) is 2.41. The molecule has 2 N–H and O–H groups in total. The third-order valence-electron chi connectivity index (χ3n) is 4.04. The molecule has 1 heterocycles. The Labute approximate surface area is 131 Å². The average Bonchev–Trinajstić information content (AvgIpc) is 2.97. The molecule has 0 aromatic heterocycles. The SMILES string of the molecule is CC(C)(C)[C@@H](COc1ccccc1F)NC(=O)[C@@H]1CCNC1. The summed E-state index contributed by atoms with van der Waals surface area (Å²) in [5.74, 6) is -0.115. The normalized spacial score (nSPS) is 19.7. The van der Waals surface area contributed by atoms with Crippen LogP contribution in [0.15, 0.2) is 24.3 Å². The van der Waals surface area contributed by atoms with E-state index in [4.69, 9.17) is 4.74 Å². The summed E-state index contributed by atoms with van der Waals surface area (Å²) in [6, 6.07) is 6.13. The predicted molar refractivity (Wildman–Crippen MR) is 84.3 cm³/mol. The molecule has 1 amide bonds. The minimum atomic E-state index is -0.388. The highest BCUT2D eigenvalue weighted by Gasteiger charge is 2.31. The van der Waals surface area contributed by atoms with Crippen molar-refractivity contribution in [2.75, 3.05) is 19.7 Å². The fourth-order valence-corrected chi connectivity index (χ4v) is 2.41. The quantitative estimate of drug-likeness (QED) is 0.878. The summed E-state index contributed by atoms with van der Waals surface area (Å²) < 4.78 is 19.2. The van der Waals surface area contributed by atoms with Crippen molar-refractivity contribution in [2.24, 2.45) is 11.3 Å². The van der Waals surface area contributed by atoms with Crippen molar-refractivity contribution in [1.82, 2.24) is 10.6 Å². The summed E-state index contributed by atoms with van der Waals surface area (Å²) in [4.78, 5) is 12.3. The van der Waals surface area contributed by atoms with E-state index in [0.717, 1.165) is 19.5 Å². The molecular weight excluding hydrogens is 283 g/mol.